The average molecular weight is 404 g/mol. The number of hydrogen-bond donors (Lipinski definition) is 2. The molecule has 1 aliphatic rings. The number of hydrogen-bond acceptors (Lipinski definition) is 4. The molecular weight excluding hydrogens is 374 g/mol. The number of nitrogens with one attached hydrogen (secondary N) is 2. The Labute approximate surface area is 178 Å². The summed E-state index contributed by atoms with van der Waals surface area (Å²) in [5.74, 6) is -0.262. The zero-order valence-corrected chi connectivity index (χ0v) is 17.8. The molecule has 4 rings (SSSR count). The molecule has 2 heterocycles. The van der Waals surface area contributed by atoms with E-state index in [4.69, 9.17) is 4.74 Å². The zero-order chi connectivity index (χ0) is 21.3. The summed E-state index contributed by atoms with van der Waals surface area (Å²) in [6, 6.07) is 17.9. The molecule has 0 amide bonds. The Morgan fingerprint density at radius 1 is 1.13 bits per heavy atom. The number of H-pyrrole nitrogens is 1. The van der Waals surface area contributed by atoms with E-state index >= 15 is 0 Å². The van der Waals surface area contributed by atoms with Crippen LogP contribution in [0.15, 0.2) is 84.7 Å². The van der Waals surface area contributed by atoms with Crippen LogP contribution in [0.25, 0.3) is 10.9 Å². The number of carbonyl (C=O) groups is 1. The second kappa shape index (κ2) is 10.5. The second-order valence-corrected chi connectivity index (χ2v) is 7.08. The minimum absolute atomic E-state index is 0.129. The van der Waals surface area contributed by atoms with E-state index < -0.39 is 0 Å². The lowest BCUT2D eigenvalue weighted by atomic mass is 10.1. The summed E-state index contributed by atoms with van der Waals surface area (Å²) in [6.07, 6.45) is 8.38. The van der Waals surface area contributed by atoms with Crippen molar-refractivity contribution in [2.75, 3.05) is 13.7 Å². The first kappa shape index (κ1) is 21.4. The lowest BCUT2D eigenvalue weighted by Gasteiger charge is -2.31. The van der Waals surface area contributed by atoms with Gasteiger partial charge in [0.15, 0.2) is 0 Å². The number of aromatic nitrogens is 1. The Morgan fingerprint density at radius 3 is 2.67 bits per heavy atom. The molecule has 5 heteroatoms. The maximum atomic E-state index is 12.0. The van der Waals surface area contributed by atoms with Crippen molar-refractivity contribution < 1.29 is 9.53 Å². The van der Waals surface area contributed by atoms with E-state index in [9.17, 15) is 4.79 Å². The topological polar surface area (TPSA) is 57.4 Å². The Balaban J connectivity index is 0.000000234. The number of esters is 1. The molecule has 1 aromatic heterocycles. The van der Waals surface area contributed by atoms with Gasteiger partial charge in [0.25, 0.3) is 0 Å². The predicted molar refractivity (Wildman–Crippen MR) is 122 cm³/mol. The fourth-order valence-corrected chi connectivity index (χ4v) is 3.40. The second-order valence-electron chi connectivity index (χ2n) is 7.08. The number of nitrogens with zero attached hydrogens (tertiary/aromatic N) is 1. The third-order valence-electron chi connectivity index (χ3n) is 4.89. The first-order valence-electron chi connectivity index (χ1n) is 10.2. The fraction of sp³-hybridized carbons (Fsp3) is 0.240. The molecule has 0 radical (unpaired) electrons. The van der Waals surface area contributed by atoms with Gasteiger partial charge < -0.3 is 14.6 Å². The van der Waals surface area contributed by atoms with Crippen molar-refractivity contribution >= 4 is 16.9 Å². The number of likely N-dealkylation sites (N-methyl/N-ethyl adjacent to an activating group) is 1. The minimum Gasteiger partial charge on any atom is -0.462 e. The molecule has 0 spiro atoms. The van der Waals surface area contributed by atoms with E-state index in [1.807, 2.05) is 56.6 Å². The first-order valence-corrected chi connectivity index (χ1v) is 10.2. The quantitative estimate of drug-likeness (QED) is 0.598. The van der Waals surface area contributed by atoms with Crippen molar-refractivity contribution in [3.63, 3.8) is 0 Å². The monoisotopic (exact) mass is 403 g/mol. The molecule has 0 bridgehead atoms. The van der Waals surface area contributed by atoms with Crippen molar-refractivity contribution in [3.05, 3.63) is 95.8 Å². The molecule has 2 aromatic carbocycles. The van der Waals surface area contributed by atoms with Gasteiger partial charge in [0.2, 0.25) is 0 Å². The third-order valence-corrected chi connectivity index (χ3v) is 4.89. The van der Waals surface area contributed by atoms with Gasteiger partial charge >= 0.3 is 5.97 Å². The smallest absolute Gasteiger partial charge is 0.338 e. The summed E-state index contributed by atoms with van der Waals surface area (Å²) in [5.41, 5.74) is 4.00. The Bertz CT molecular complexity index is 1010. The highest BCUT2D eigenvalue weighted by Crippen LogP contribution is 2.18. The van der Waals surface area contributed by atoms with Gasteiger partial charge in [-0.3, -0.25) is 5.32 Å². The van der Waals surface area contributed by atoms with Crippen molar-refractivity contribution in [3.8, 4) is 0 Å². The van der Waals surface area contributed by atoms with E-state index in [0.29, 0.717) is 18.7 Å². The highest BCUT2D eigenvalue weighted by atomic mass is 16.5. The molecule has 0 fully saturated rings. The van der Waals surface area contributed by atoms with Gasteiger partial charge in [0.05, 0.1) is 18.3 Å². The van der Waals surface area contributed by atoms with Gasteiger partial charge in [0, 0.05) is 24.5 Å². The summed E-state index contributed by atoms with van der Waals surface area (Å²) in [4.78, 5) is 17.3. The van der Waals surface area contributed by atoms with Gasteiger partial charge in [0.1, 0.15) is 0 Å². The molecule has 1 atom stereocenters. The normalized spacial score (nSPS) is 15.4. The Kier molecular flexibility index (Phi) is 7.46. The molecule has 1 aliphatic heterocycles. The first-order chi connectivity index (χ1) is 14.6. The van der Waals surface area contributed by atoms with Crippen LogP contribution in [0.5, 0.6) is 0 Å². The maximum Gasteiger partial charge on any atom is 0.338 e. The van der Waals surface area contributed by atoms with Gasteiger partial charge in [-0.1, -0.05) is 42.5 Å². The highest BCUT2D eigenvalue weighted by Gasteiger charge is 2.18. The van der Waals surface area contributed by atoms with Crippen LogP contribution in [-0.2, 0) is 11.3 Å². The van der Waals surface area contributed by atoms with E-state index in [-0.39, 0.29) is 12.1 Å². The van der Waals surface area contributed by atoms with E-state index in [1.165, 1.54) is 16.5 Å². The molecular formula is C25H29N3O2. The van der Waals surface area contributed by atoms with Crippen molar-refractivity contribution in [2.24, 2.45) is 0 Å². The summed E-state index contributed by atoms with van der Waals surface area (Å²) < 4.78 is 5.13. The molecule has 30 heavy (non-hydrogen) atoms. The number of benzene rings is 2. The number of aromatic amines is 1. The van der Waals surface area contributed by atoms with Crippen molar-refractivity contribution in [2.45, 2.75) is 26.6 Å². The molecule has 0 aliphatic carbocycles. The van der Waals surface area contributed by atoms with E-state index in [1.54, 1.807) is 0 Å². The summed E-state index contributed by atoms with van der Waals surface area (Å²) in [5, 5.41) is 4.52. The minimum atomic E-state index is -0.262. The van der Waals surface area contributed by atoms with Gasteiger partial charge in [-0.25, -0.2) is 4.79 Å². The van der Waals surface area contributed by atoms with Crippen LogP contribution in [0.2, 0.25) is 0 Å². The van der Waals surface area contributed by atoms with Gasteiger partial charge in [-0.05, 0) is 61.7 Å². The van der Waals surface area contributed by atoms with E-state index in [2.05, 4.69) is 58.7 Å². The number of allylic oxidation sites excluding steroid dienone is 2. The number of para-hydroxylation sites is 1. The predicted octanol–water partition coefficient (Wildman–Crippen LogP) is 4.85. The SMILES string of the molecule is CCOC(=O)c1ccccc1CN1C=C(C)C=CC1NC.c1ccc2[nH]ccc2c1. The Morgan fingerprint density at radius 2 is 1.90 bits per heavy atom. The lowest BCUT2D eigenvalue weighted by Crippen LogP contribution is -2.40. The molecule has 0 saturated carbocycles. The zero-order valence-electron chi connectivity index (χ0n) is 17.8. The molecule has 5 nitrogen and oxygen atoms in total. The summed E-state index contributed by atoms with van der Waals surface area (Å²) in [6.45, 7) is 4.92. The third kappa shape index (κ3) is 5.39. The largest absolute Gasteiger partial charge is 0.462 e. The maximum absolute atomic E-state index is 12.0. The highest BCUT2D eigenvalue weighted by molar-refractivity contribution is 5.91. The lowest BCUT2D eigenvalue weighted by molar-refractivity contribution is 0.0524. The van der Waals surface area contributed by atoms with Crippen LogP contribution in [-0.4, -0.2) is 35.7 Å². The molecule has 3 aromatic rings. The number of rotatable bonds is 5. The van der Waals surface area contributed by atoms with Crippen LogP contribution in [0.1, 0.15) is 29.8 Å². The molecule has 2 N–H and O–H groups in total. The van der Waals surface area contributed by atoms with Gasteiger partial charge in [-0.15, -0.1) is 0 Å². The van der Waals surface area contributed by atoms with Crippen LogP contribution >= 0.6 is 0 Å². The number of fused-ring (bicyclic) bond motifs is 1. The van der Waals surface area contributed by atoms with Crippen molar-refractivity contribution in [1.29, 1.82) is 0 Å². The van der Waals surface area contributed by atoms with Crippen LogP contribution in [0.3, 0.4) is 0 Å². The summed E-state index contributed by atoms with van der Waals surface area (Å²) >= 11 is 0. The van der Waals surface area contributed by atoms with Crippen LogP contribution in [0, 0.1) is 0 Å². The fourth-order valence-electron chi connectivity index (χ4n) is 3.40. The number of ether oxygens (including phenoxy) is 1. The summed E-state index contributed by atoms with van der Waals surface area (Å²) in [7, 11) is 1.92. The molecule has 156 valence electrons. The molecule has 1 unspecified atom stereocenters. The van der Waals surface area contributed by atoms with Crippen molar-refractivity contribution in [1.82, 2.24) is 15.2 Å². The van der Waals surface area contributed by atoms with Crippen LogP contribution < -0.4 is 5.32 Å². The average Bonchev–Trinajstić information content (AvgIpc) is 3.24. The number of carbonyl (C=O) groups excluding carboxylic acids is 1. The van der Waals surface area contributed by atoms with E-state index in [0.717, 1.165) is 5.56 Å². The standard InChI is InChI=1S/C17H22N2O2.C8H7N/c1-4-21-17(20)15-8-6-5-7-14(15)12-19-11-13(2)9-10-16(19)18-3;1-2-4-8-7(3-1)5-6-9-8/h5-11,16,18H,4,12H2,1-3H3;1-6,9H. The molecule has 0 saturated heterocycles. The van der Waals surface area contributed by atoms with Crippen LogP contribution in [0.4, 0.5) is 0 Å². The Hall–Kier alpha value is -3.31. The van der Waals surface area contributed by atoms with Gasteiger partial charge in [-0.2, -0.15) is 0 Å².